The fourth-order valence-corrected chi connectivity index (χ4v) is 6.19. The Kier molecular flexibility index (Phi) is 8.54. The standard InChI is InChI=1S/C31H42FN5O3/c1-7-36(20(4)5)31(38)27-15-24(32)8-9-25(27)26-14-22(18-37-21(6)33-34-30(26)37)23-16-35(17-23)28(19(2)3)10-11-29-39-12-13-40-29/h8-9,14-15,18-20,23,28-29H,7,10-13,16-17H2,1-6H3. The number of aromatic nitrogens is 3. The Bertz CT molecular complexity index is 1340. The molecule has 2 aromatic heterocycles. The van der Waals surface area contributed by atoms with E-state index in [2.05, 4.69) is 41.2 Å². The van der Waals surface area contributed by atoms with Crippen LogP contribution in [-0.4, -0.2) is 81.5 Å². The summed E-state index contributed by atoms with van der Waals surface area (Å²) >= 11 is 0. The molecule has 216 valence electrons. The third-order valence-electron chi connectivity index (χ3n) is 8.43. The summed E-state index contributed by atoms with van der Waals surface area (Å²) in [5.41, 5.74) is 3.67. The van der Waals surface area contributed by atoms with Gasteiger partial charge in [-0.3, -0.25) is 14.1 Å². The average Bonchev–Trinajstić information content (AvgIpc) is 3.54. The van der Waals surface area contributed by atoms with Crippen molar-refractivity contribution in [3.8, 4) is 11.1 Å². The van der Waals surface area contributed by atoms with E-state index < -0.39 is 5.82 Å². The second-order valence-electron chi connectivity index (χ2n) is 11.7. The SMILES string of the molecule is CCN(C(=O)c1cc(F)ccc1-c1cc(C2CN(C(CCC3OCCO3)C(C)C)C2)cn2c(C)nnc12)C(C)C. The number of aryl methyl sites for hydroxylation is 1. The summed E-state index contributed by atoms with van der Waals surface area (Å²) in [6.07, 6.45) is 3.99. The van der Waals surface area contributed by atoms with Crippen molar-refractivity contribution in [2.24, 2.45) is 5.92 Å². The van der Waals surface area contributed by atoms with Gasteiger partial charge in [-0.25, -0.2) is 4.39 Å². The number of pyridine rings is 1. The quantitative estimate of drug-likeness (QED) is 0.341. The molecule has 0 bridgehead atoms. The van der Waals surface area contributed by atoms with E-state index in [1.807, 2.05) is 32.1 Å². The van der Waals surface area contributed by atoms with E-state index in [0.29, 0.717) is 54.4 Å². The summed E-state index contributed by atoms with van der Waals surface area (Å²) in [5.74, 6) is 1.03. The van der Waals surface area contributed by atoms with Gasteiger partial charge in [0.1, 0.15) is 11.6 Å². The van der Waals surface area contributed by atoms with Gasteiger partial charge >= 0.3 is 0 Å². The molecular formula is C31H42FN5O3. The summed E-state index contributed by atoms with van der Waals surface area (Å²) in [5, 5.41) is 8.79. The lowest BCUT2D eigenvalue weighted by Gasteiger charge is -2.46. The molecule has 2 fully saturated rings. The zero-order chi connectivity index (χ0) is 28.6. The fraction of sp³-hybridized carbons (Fsp3) is 0.581. The van der Waals surface area contributed by atoms with Crippen molar-refractivity contribution in [1.29, 1.82) is 0 Å². The van der Waals surface area contributed by atoms with Crippen LogP contribution in [0.2, 0.25) is 0 Å². The van der Waals surface area contributed by atoms with Crippen LogP contribution in [0.25, 0.3) is 16.8 Å². The lowest BCUT2D eigenvalue weighted by Crippen LogP contribution is -2.52. The normalized spacial score (nSPS) is 17.7. The number of amides is 1. The molecule has 0 saturated carbocycles. The minimum absolute atomic E-state index is 0.00281. The van der Waals surface area contributed by atoms with Gasteiger partial charge in [0, 0.05) is 49.4 Å². The number of hydrogen-bond donors (Lipinski definition) is 0. The fourth-order valence-electron chi connectivity index (χ4n) is 6.19. The summed E-state index contributed by atoms with van der Waals surface area (Å²) in [4.78, 5) is 17.9. The largest absolute Gasteiger partial charge is 0.350 e. The molecule has 2 saturated heterocycles. The molecule has 2 aliphatic heterocycles. The number of ether oxygens (including phenoxy) is 2. The third-order valence-corrected chi connectivity index (χ3v) is 8.43. The highest BCUT2D eigenvalue weighted by molar-refractivity contribution is 6.02. The molecule has 8 nitrogen and oxygen atoms in total. The van der Waals surface area contributed by atoms with Gasteiger partial charge in [0.05, 0.1) is 18.8 Å². The van der Waals surface area contributed by atoms with Gasteiger partial charge in [-0.1, -0.05) is 19.9 Å². The highest BCUT2D eigenvalue weighted by atomic mass is 19.1. The van der Waals surface area contributed by atoms with Crippen molar-refractivity contribution in [3.05, 3.63) is 53.2 Å². The highest BCUT2D eigenvalue weighted by Gasteiger charge is 2.36. The second kappa shape index (κ2) is 11.9. The van der Waals surface area contributed by atoms with Crippen molar-refractivity contribution >= 4 is 11.6 Å². The van der Waals surface area contributed by atoms with Crippen LogP contribution in [0.3, 0.4) is 0 Å². The van der Waals surface area contributed by atoms with Crippen molar-refractivity contribution in [3.63, 3.8) is 0 Å². The maximum atomic E-state index is 14.5. The van der Waals surface area contributed by atoms with Crippen molar-refractivity contribution in [2.75, 3.05) is 32.8 Å². The molecule has 1 amide bonds. The van der Waals surface area contributed by atoms with Gasteiger partial charge in [0.15, 0.2) is 11.9 Å². The molecule has 3 aromatic rings. The minimum atomic E-state index is -0.431. The molecule has 1 aromatic carbocycles. The predicted octanol–water partition coefficient (Wildman–Crippen LogP) is 5.29. The number of hydrogen-bond acceptors (Lipinski definition) is 6. The highest BCUT2D eigenvalue weighted by Crippen LogP contribution is 2.37. The first kappa shape index (κ1) is 28.6. The van der Waals surface area contributed by atoms with E-state index in [1.165, 1.54) is 17.7 Å². The van der Waals surface area contributed by atoms with E-state index >= 15 is 0 Å². The Morgan fingerprint density at radius 3 is 2.48 bits per heavy atom. The number of nitrogens with zero attached hydrogens (tertiary/aromatic N) is 5. The summed E-state index contributed by atoms with van der Waals surface area (Å²) in [6, 6.07) is 7.06. The molecule has 9 heteroatoms. The predicted molar refractivity (Wildman–Crippen MR) is 153 cm³/mol. The van der Waals surface area contributed by atoms with Crippen LogP contribution in [0, 0.1) is 18.7 Å². The third kappa shape index (κ3) is 5.64. The van der Waals surface area contributed by atoms with Gasteiger partial charge in [-0.05, 0) is 75.8 Å². The van der Waals surface area contributed by atoms with Gasteiger partial charge in [0.25, 0.3) is 5.91 Å². The van der Waals surface area contributed by atoms with Gasteiger partial charge in [0.2, 0.25) is 0 Å². The van der Waals surface area contributed by atoms with Crippen LogP contribution in [0.15, 0.2) is 30.5 Å². The van der Waals surface area contributed by atoms with Crippen molar-refractivity contribution in [2.45, 2.75) is 78.7 Å². The number of rotatable bonds is 10. The smallest absolute Gasteiger partial charge is 0.254 e. The first-order chi connectivity index (χ1) is 19.2. The first-order valence-corrected chi connectivity index (χ1v) is 14.6. The number of fused-ring (bicyclic) bond motifs is 1. The topological polar surface area (TPSA) is 72.2 Å². The molecular weight excluding hydrogens is 509 g/mol. The molecule has 0 aliphatic carbocycles. The number of halogens is 1. The lowest BCUT2D eigenvalue weighted by molar-refractivity contribution is -0.0564. The van der Waals surface area contributed by atoms with E-state index in [9.17, 15) is 9.18 Å². The molecule has 0 N–H and O–H groups in total. The molecule has 1 unspecified atom stereocenters. The number of benzene rings is 1. The summed E-state index contributed by atoms with van der Waals surface area (Å²) in [7, 11) is 0. The number of carbonyl (C=O) groups is 1. The molecule has 1 atom stereocenters. The molecule has 2 aliphatic rings. The van der Waals surface area contributed by atoms with E-state index in [4.69, 9.17) is 9.47 Å². The van der Waals surface area contributed by atoms with Crippen LogP contribution < -0.4 is 0 Å². The lowest BCUT2D eigenvalue weighted by atomic mass is 9.85. The molecule has 4 heterocycles. The van der Waals surface area contributed by atoms with E-state index in [-0.39, 0.29) is 18.2 Å². The van der Waals surface area contributed by atoms with Gasteiger partial charge in [-0.2, -0.15) is 0 Å². The minimum Gasteiger partial charge on any atom is -0.350 e. The van der Waals surface area contributed by atoms with Crippen LogP contribution >= 0.6 is 0 Å². The second-order valence-corrected chi connectivity index (χ2v) is 11.7. The maximum absolute atomic E-state index is 14.5. The monoisotopic (exact) mass is 551 g/mol. The van der Waals surface area contributed by atoms with Crippen LogP contribution in [0.1, 0.15) is 75.1 Å². The Balaban J connectivity index is 1.45. The van der Waals surface area contributed by atoms with Crippen LogP contribution in [0.5, 0.6) is 0 Å². The zero-order valence-electron chi connectivity index (χ0n) is 24.6. The first-order valence-electron chi connectivity index (χ1n) is 14.6. The number of carbonyl (C=O) groups excluding carboxylic acids is 1. The molecule has 0 spiro atoms. The van der Waals surface area contributed by atoms with E-state index in [0.717, 1.165) is 37.3 Å². The zero-order valence-corrected chi connectivity index (χ0v) is 24.6. The van der Waals surface area contributed by atoms with Crippen LogP contribution in [0.4, 0.5) is 4.39 Å². The Hall–Kier alpha value is -2.88. The summed E-state index contributed by atoms with van der Waals surface area (Å²) in [6.45, 7) is 16.2. The van der Waals surface area contributed by atoms with Crippen molar-refractivity contribution < 1.29 is 18.7 Å². The molecule has 40 heavy (non-hydrogen) atoms. The number of likely N-dealkylation sites (tertiary alicyclic amines) is 1. The maximum Gasteiger partial charge on any atom is 0.254 e. The Morgan fingerprint density at radius 2 is 1.82 bits per heavy atom. The Morgan fingerprint density at radius 1 is 1.10 bits per heavy atom. The van der Waals surface area contributed by atoms with Gasteiger partial charge in [-0.15, -0.1) is 10.2 Å². The van der Waals surface area contributed by atoms with Crippen LogP contribution in [-0.2, 0) is 9.47 Å². The van der Waals surface area contributed by atoms with E-state index in [1.54, 1.807) is 11.0 Å². The molecule has 5 rings (SSSR count). The Labute approximate surface area is 236 Å². The summed E-state index contributed by atoms with van der Waals surface area (Å²) < 4.78 is 27.8. The average molecular weight is 552 g/mol. The molecule has 0 radical (unpaired) electrons. The van der Waals surface area contributed by atoms with Crippen molar-refractivity contribution in [1.82, 2.24) is 24.4 Å². The van der Waals surface area contributed by atoms with Gasteiger partial charge < -0.3 is 14.4 Å².